The molecule has 147 heavy (non-hydrogen) atoms. The predicted octanol–water partition coefficient (Wildman–Crippen LogP) is 33.8. The molecule has 0 aliphatic carbocycles. The van der Waals surface area contributed by atoms with E-state index in [1.54, 1.807) is 0 Å². The molecule has 0 saturated carbocycles. The van der Waals surface area contributed by atoms with Crippen LogP contribution in [0.2, 0.25) is 0 Å². The summed E-state index contributed by atoms with van der Waals surface area (Å²) in [5.41, 5.74) is 27.9. The minimum Gasteiger partial charge on any atom is -0.278 e. The zero-order chi connectivity index (χ0) is 96.7. The molecule has 682 valence electrons. The SMILES string of the molecule is c1ccc(-c2c3ccccc3c(-c3ccc4c(c3)c3cccnc3n4-c3ccc4ccc5cccnc5c4n3)c3ccccc23)cc1.c1ccc(-c2c3ccccc3c(-c3ccc4c(c3)c3cccnc3n4-c3ccc4ccc5cccnc5c4n3)c3ccccc23)nc1.c1ccc(-c2ccc(-c3c4ccccc4c(-c4ccc5c(c4)c4cccnc4n5-c4ccc5ccc6cccnc6c5n4)c4ccccc34)cc2)cc1. The summed E-state index contributed by atoms with van der Waals surface area (Å²) in [6.07, 6.45) is 12.9. The zero-order valence-corrected chi connectivity index (χ0v) is 79.1. The lowest BCUT2D eigenvalue weighted by Crippen LogP contribution is -1.99. The Bertz CT molecular complexity index is 10300. The van der Waals surface area contributed by atoms with Crippen LogP contribution in [0.1, 0.15) is 0 Å². The van der Waals surface area contributed by atoms with Crippen molar-refractivity contribution >= 4 is 196 Å². The maximum Gasteiger partial charge on any atom is 0.146 e. The molecule has 13 heterocycles. The van der Waals surface area contributed by atoms with E-state index in [4.69, 9.17) is 39.9 Å². The summed E-state index contributed by atoms with van der Waals surface area (Å²) < 4.78 is 6.55. The van der Waals surface area contributed by atoms with Crippen molar-refractivity contribution in [2.24, 2.45) is 0 Å². The fraction of sp³-hybridized carbons (Fsp3) is 0. The third-order valence-electron chi connectivity index (χ3n) is 29.4. The molecule has 31 rings (SSSR count). The number of nitrogens with zero attached hydrogens (tertiary/aromatic N) is 13. The molecule has 0 fully saturated rings. The molecule has 0 bridgehead atoms. The number of rotatable bonds is 10. The lowest BCUT2D eigenvalue weighted by Gasteiger charge is -2.18. The molecule has 0 aliphatic heterocycles. The van der Waals surface area contributed by atoms with Gasteiger partial charge in [0.2, 0.25) is 0 Å². The maximum absolute atomic E-state index is 5.23. The smallest absolute Gasteiger partial charge is 0.146 e. The number of benzene rings is 18. The lowest BCUT2D eigenvalue weighted by atomic mass is 9.85. The fourth-order valence-corrected chi connectivity index (χ4v) is 23.0. The van der Waals surface area contributed by atoms with E-state index in [0.29, 0.717) is 0 Å². The van der Waals surface area contributed by atoms with Crippen molar-refractivity contribution in [1.29, 1.82) is 0 Å². The van der Waals surface area contributed by atoms with Gasteiger partial charge in [0.05, 0.1) is 55.3 Å². The molecule has 13 aromatic heterocycles. The van der Waals surface area contributed by atoms with Crippen LogP contribution in [0.5, 0.6) is 0 Å². The molecule has 0 unspecified atom stereocenters. The van der Waals surface area contributed by atoms with Gasteiger partial charge < -0.3 is 0 Å². The minimum absolute atomic E-state index is 0.817. The van der Waals surface area contributed by atoms with E-state index in [0.717, 1.165) is 166 Å². The van der Waals surface area contributed by atoms with Crippen LogP contribution >= 0.6 is 0 Å². The van der Waals surface area contributed by atoms with Crippen LogP contribution in [0.3, 0.4) is 0 Å². The zero-order valence-electron chi connectivity index (χ0n) is 79.1. The quantitative estimate of drug-likeness (QED) is 0.0959. The topological polar surface area (TPSA) is 144 Å². The van der Waals surface area contributed by atoms with E-state index in [-0.39, 0.29) is 0 Å². The molecule has 0 saturated heterocycles. The summed E-state index contributed by atoms with van der Waals surface area (Å²) in [7, 11) is 0. The van der Waals surface area contributed by atoms with Crippen LogP contribution in [-0.2, 0) is 0 Å². The Morgan fingerprint density at radius 1 is 0.136 bits per heavy atom. The summed E-state index contributed by atoms with van der Waals surface area (Å²) in [5.74, 6) is 2.46. The second-order valence-corrected chi connectivity index (χ2v) is 37.5. The molecule has 0 spiro atoms. The van der Waals surface area contributed by atoms with Crippen LogP contribution in [0.25, 0.3) is 291 Å². The Morgan fingerprint density at radius 3 is 0.687 bits per heavy atom. The number of pyridine rings is 10. The van der Waals surface area contributed by atoms with Gasteiger partial charge in [0, 0.05) is 114 Å². The van der Waals surface area contributed by atoms with Gasteiger partial charge in [0.1, 0.15) is 34.4 Å². The van der Waals surface area contributed by atoms with Gasteiger partial charge in [-0.05, 0) is 271 Å². The fourth-order valence-electron chi connectivity index (χ4n) is 23.0. The largest absolute Gasteiger partial charge is 0.278 e. The van der Waals surface area contributed by atoms with Crippen LogP contribution in [0.15, 0.2) is 492 Å². The Labute approximate surface area is 841 Å². The van der Waals surface area contributed by atoms with Crippen molar-refractivity contribution in [3.05, 3.63) is 492 Å². The van der Waals surface area contributed by atoms with Gasteiger partial charge in [-0.15, -0.1) is 0 Å². The molecule has 0 atom stereocenters. The highest BCUT2D eigenvalue weighted by Crippen LogP contribution is 2.51. The molecule has 13 heteroatoms. The van der Waals surface area contributed by atoms with Crippen molar-refractivity contribution < 1.29 is 0 Å². The van der Waals surface area contributed by atoms with Crippen LogP contribution in [0, 0.1) is 0 Å². The minimum atomic E-state index is 0.817. The average molecular weight is 1870 g/mol. The lowest BCUT2D eigenvalue weighted by molar-refractivity contribution is 1.07. The normalized spacial score (nSPS) is 11.8. The third-order valence-corrected chi connectivity index (χ3v) is 29.4. The van der Waals surface area contributed by atoms with Crippen LogP contribution in [-0.4, -0.2) is 63.5 Å². The standard InChI is InChI=1S/C49H30N4.C43H26N4.C42H25N5/c1-2-10-31(11-3-1)32-18-20-33(21-19-32)45-37-13-4-6-15-39(37)46(40-16-7-5-14-38(40)45)36-24-26-43-42(30-36)41-17-9-29-51-49(41)53(43)44-27-25-35-23-22-34-12-8-28-50-47(34)48(35)52-44;1-2-10-27(11-3-1)39-31-13-4-6-15-33(31)40(34-16-7-5-14-32(34)39)30-20-22-37-36(26-30)35-17-9-25-45-43(35)47(37)38-23-21-29-19-18-28-12-8-24-44-41(28)42(29)46-38;1-3-12-31-29(10-1)38(30-11-2-4-13-32(30)39(31)35-15-5-6-22-43-35)28-18-20-36-34(25-28)33-14-8-24-45-42(33)47(36)37-21-19-27-17-16-26-9-7-23-44-40(26)41(27)46-37/h1-30H;1-26H;1-25H. The van der Waals surface area contributed by atoms with Gasteiger partial charge in [-0.3, -0.25) is 33.6 Å². The Balaban J connectivity index is 0.000000104. The Hall–Kier alpha value is -20.0. The van der Waals surface area contributed by atoms with Crippen molar-refractivity contribution in [2.45, 2.75) is 0 Å². The van der Waals surface area contributed by atoms with Crippen LogP contribution in [0.4, 0.5) is 0 Å². The molecule has 0 N–H and O–H groups in total. The van der Waals surface area contributed by atoms with E-state index in [2.05, 4.69) is 430 Å². The van der Waals surface area contributed by atoms with Crippen LogP contribution < -0.4 is 0 Å². The van der Waals surface area contributed by atoms with Gasteiger partial charge >= 0.3 is 0 Å². The first-order chi connectivity index (χ1) is 73.0. The van der Waals surface area contributed by atoms with Gasteiger partial charge in [0.25, 0.3) is 0 Å². The van der Waals surface area contributed by atoms with Crippen molar-refractivity contribution in [2.75, 3.05) is 0 Å². The predicted molar refractivity (Wildman–Crippen MR) is 608 cm³/mol. The molecular weight excluding hydrogens is 1790 g/mol. The van der Waals surface area contributed by atoms with Crippen molar-refractivity contribution in [3.8, 4) is 95.5 Å². The molecule has 13 nitrogen and oxygen atoms in total. The molecule has 0 aliphatic rings. The number of aromatic nitrogens is 13. The van der Waals surface area contributed by atoms with E-state index < -0.39 is 0 Å². The Morgan fingerprint density at radius 2 is 0.367 bits per heavy atom. The average Bonchev–Trinajstić information content (AvgIpc) is 1.72. The van der Waals surface area contributed by atoms with Gasteiger partial charge in [0.15, 0.2) is 0 Å². The maximum atomic E-state index is 5.23. The van der Waals surface area contributed by atoms with E-state index in [1.807, 2.05) is 85.8 Å². The highest BCUT2D eigenvalue weighted by molar-refractivity contribution is 6.27. The second kappa shape index (κ2) is 34.5. The first-order valence-electron chi connectivity index (χ1n) is 49.5. The van der Waals surface area contributed by atoms with E-state index >= 15 is 0 Å². The number of fused-ring (bicyclic) bond motifs is 24. The molecule has 0 radical (unpaired) electrons. The highest BCUT2D eigenvalue weighted by atomic mass is 15.1. The van der Waals surface area contributed by atoms with E-state index in [1.165, 1.54) is 126 Å². The van der Waals surface area contributed by atoms with Crippen molar-refractivity contribution in [3.63, 3.8) is 0 Å². The summed E-state index contributed by atoms with van der Waals surface area (Å²) in [4.78, 5) is 49.2. The summed E-state index contributed by atoms with van der Waals surface area (Å²) in [5, 5.41) is 27.7. The van der Waals surface area contributed by atoms with Gasteiger partial charge in [-0.1, -0.05) is 309 Å². The molecule has 31 aromatic rings. The third kappa shape index (κ3) is 13.8. The molecular formula is C134H81N13. The van der Waals surface area contributed by atoms with Crippen molar-refractivity contribution in [1.82, 2.24) is 63.5 Å². The number of hydrogen-bond acceptors (Lipinski definition) is 10. The first-order valence-corrected chi connectivity index (χ1v) is 49.5. The monoisotopic (exact) mass is 1870 g/mol. The number of hydrogen-bond donors (Lipinski definition) is 0. The van der Waals surface area contributed by atoms with E-state index in [9.17, 15) is 0 Å². The first kappa shape index (κ1) is 83.9. The summed E-state index contributed by atoms with van der Waals surface area (Å²) in [6.45, 7) is 0. The molecule has 0 amide bonds. The summed E-state index contributed by atoms with van der Waals surface area (Å²) in [6, 6.07) is 160. The highest BCUT2D eigenvalue weighted by Gasteiger charge is 2.27. The Kier molecular flexibility index (Phi) is 19.7. The second-order valence-electron chi connectivity index (χ2n) is 37.5. The van der Waals surface area contributed by atoms with Gasteiger partial charge in [-0.25, -0.2) is 29.9 Å². The molecule has 18 aromatic carbocycles. The summed E-state index contributed by atoms with van der Waals surface area (Å²) >= 11 is 0. The van der Waals surface area contributed by atoms with Gasteiger partial charge in [-0.2, -0.15) is 0 Å².